The monoisotopic (exact) mass is 340 g/mol. The van der Waals surface area contributed by atoms with E-state index in [1.54, 1.807) is 11.1 Å². The van der Waals surface area contributed by atoms with Gasteiger partial charge in [-0.1, -0.05) is 108 Å². The quantitative estimate of drug-likeness (QED) is 0.507. The van der Waals surface area contributed by atoms with E-state index in [4.69, 9.17) is 0 Å². The molecule has 0 radical (unpaired) electrons. The molecule has 0 aliphatic heterocycles. The molecule has 140 valence electrons. The van der Waals surface area contributed by atoms with E-state index >= 15 is 0 Å². The summed E-state index contributed by atoms with van der Waals surface area (Å²) in [6.07, 6.45) is 21.6. The van der Waals surface area contributed by atoms with E-state index in [-0.39, 0.29) is 0 Å². The van der Waals surface area contributed by atoms with Crippen LogP contribution in [0.4, 0.5) is 0 Å². The maximum atomic E-state index is 2.50. The highest BCUT2D eigenvalue weighted by atomic mass is 14.3. The smallest absolute Gasteiger partial charge is 0.0136 e. The van der Waals surface area contributed by atoms with Crippen LogP contribution in [0.3, 0.4) is 0 Å². The summed E-state index contributed by atoms with van der Waals surface area (Å²) in [5.41, 5.74) is 3.25. The largest absolute Gasteiger partial charge is 0.0619 e. The molecule has 1 aromatic carbocycles. The topological polar surface area (TPSA) is 0 Å². The Kier molecular flexibility index (Phi) is 7.89. The highest BCUT2D eigenvalue weighted by Gasteiger charge is 2.21. The van der Waals surface area contributed by atoms with E-state index in [2.05, 4.69) is 31.2 Å². The van der Waals surface area contributed by atoms with Crippen molar-refractivity contribution in [3.63, 3.8) is 0 Å². The predicted molar refractivity (Wildman–Crippen MR) is 110 cm³/mol. The van der Waals surface area contributed by atoms with Crippen LogP contribution in [-0.4, -0.2) is 0 Å². The zero-order chi connectivity index (χ0) is 17.3. The fourth-order valence-corrected chi connectivity index (χ4v) is 5.32. The molecule has 0 amide bonds. The van der Waals surface area contributed by atoms with E-state index in [1.165, 1.54) is 96.3 Å². The molecule has 0 spiro atoms. The summed E-state index contributed by atoms with van der Waals surface area (Å²) in [6, 6.07) is 9.99. The van der Waals surface area contributed by atoms with Gasteiger partial charge in [0.1, 0.15) is 0 Å². The summed E-state index contributed by atoms with van der Waals surface area (Å²) >= 11 is 0. The van der Waals surface area contributed by atoms with Crippen LogP contribution in [-0.2, 0) is 0 Å². The minimum absolute atomic E-state index is 0.804. The van der Waals surface area contributed by atoms with E-state index in [0.717, 1.165) is 17.8 Å². The van der Waals surface area contributed by atoms with Crippen LogP contribution in [0.5, 0.6) is 0 Å². The van der Waals surface area contributed by atoms with Gasteiger partial charge in [0.05, 0.1) is 0 Å². The summed E-state index contributed by atoms with van der Waals surface area (Å²) in [6.45, 7) is 2.49. The molecule has 0 heterocycles. The maximum absolute atomic E-state index is 2.50. The lowest BCUT2D eigenvalue weighted by molar-refractivity contribution is 0.353. The van der Waals surface area contributed by atoms with Crippen molar-refractivity contribution in [1.29, 1.82) is 0 Å². The van der Waals surface area contributed by atoms with Crippen LogP contribution in [0.15, 0.2) is 24.3 Å². The van der Waals surface area contributed by atoms with Crippen molar-refractivity contribution in [3.8, 4) is 0 Å². The Morgan fingerprint density at radius 1 is 0.520 bits per heavy atom. The third kappa shape index (κ3) is 5.87. The van der Waals surface area contributed by atoms with Crippen molar-refractivity contribution in [3.05, 3.63) is 35.4 Å². The molecule has 0 N–H and O–H groups in total. The Morgan fingerprint density at radius 2 is 0.960 bits per heavy atom. The molecule has 2 atom stereocenters. The summed E-state index contributed by atoms with van der Waals surface area (Å²) in [5, 5.41) is 0. The molecule has 0 nitrogen and oxygen atoms in total. The van der Waals surface area contributed by atoms with Crippen molar-refractivity contribution < 1.29 is 0 Å². The van der Waals surface area contributed by atoms with E-state index < -0.39 is 0 Å². The lowest BCUT2D eigenvalue weighted by Crippen LogP contribution is -2.12. The van der Waals surface area contributed by atoms with E-state index in [0.29, 0.717) is 0 Å². The Hall–Kier alpha value is -0.780. The second-order valence-corrected chi connectivity index (χ2v) is 8.99. The Morgan fingerprint density at radius 3 is 1.56 bits per heavy atom. The first-order chi connectivity index (χ1) is 12.3. The lowest BCUT2D eigenvalue weighted by Gasteiger charge is -2.27. The second kappa shape index (κ2) is 10.4. The molecule has 25 heavy (non-hydrogen) atoms. The van der Waals surface area contributed by atoms with Crippen LogP contribution >= 0.6 is 0 Å². The third-order valence-corrected chi connectivity index (χ3v) is 7.05. The molecular formula is C25H40. The van der Waals surface area contributed by atoms with Gasteiger partial charge in [-0.25, -0.2) is 0 Å². The summed E-state index contributed by atoms with van der Waals surface area (Å²) < 4.78 is 0. The van der Waals surface area contributed by atoms with E-state index in [9.17, 15) is 0 Å². The van der Waals surface area contributed by atoms with Gasteiger partial charge in [-0.3, -0.25) is 0 Å². The van der Waals surface area contributed by atoms with Crippen LogP contribution < -0.4 is 0 Å². The molecule has 3 rings (SSSR count). The predicted octanol–water partition coefficient (Wildman–Crippen LogP) is 8.37. The van der Waals surface area contributed by atoms with Crippen LogP contribution in [0.2, 0.25) is 0 Å². The van der Waals surface area contributed by atoms with Crippen LogP contribution in [0.25, 0.3) is 0 Å². The Balaban J connectivity index is 1.65. The SMILES string of the molecule is CC1CCCCCCC1c1ccc(C2CCCCCCCCC2)cc1. The zero-order valence-corrected chi connectivity index (χ0v) is 16.6. The van der Waals surface area contributed by atoms with E-state index in [1.807, 2.05) is 0 Å². The minimum atomic E-state index is 0.804. The highest BCUT2D eigenvalue weighted by Crippen LogP contribution is 2.37. The molecule has 2 aliphatic rings. The lowest BCUT2D eigenvalue weighted by atomic mass is 9.78. The van der Waals surface area contributed by atoms with Gasteiger partial charge in [-0.05, 0) is 48.1 Å². The molecule has 0 heteroatoms. The van der Waals surface area contributed by atoms with Crippen LogP contribution in [0.1, 0.15) is 126 Å². The Labute approximate surface area is 156 Å². The van der Waals surface area contributed by atoms with Gasteiger partial charge >= 0.3 is 0 Å². The molecule has 2 saturated carbocycles. The zero-order valence-electron chi connectivity index (χ0n) is 16.6. The third-order valence-electron chi connectivity index (χ3n) is 7.05. The summed E-state index contributed by atoms with van der Waals surface area (Å²) in [4.78, 5) is 0. The van der Waals surface area contributed by atoms with Gasteiger partial charge in [0.15, 0.2) is 0 Å². The first-order valence-electron chi connectivity index (χ1n) is 11.4. The van der Waals surface area contributed by atoms with Gasteiger partial charge in [0, 0.05) is 0 Å². The number of benzene rings is 1. The van der Waals surface area contributed by atoms with Crippen molar-refractivity contribution in [1.82, 2.24) is 0 Å². The number of rotatable bonds is 2. The average Bonchev–Trinajstić information content (AvgIpc) is 2.63. The molecular weight excluding hydrogens is 300 g/mol. The normalized spacial score (nSPS) is 28.0. The average molecular weight is 341 g/mol. The molecule has 2 unspecified atom stereocenters. The molecule has 2 fully saturated rings. The minimum Gasteiger partial charge on any atom is -0.0619 e. The fraction of sp³-hybridized carbons (Fsp3) is 0.760. The maximum Gasteiger partial charge on any atom is -0.0136 e. The molecule has 1 aromatic rings. The first kappa shape index (κ1) is 19.0. The highest BCUT2D eigenvalue weighted by molar-refractivity contribution is 5.28. The first-order valence-corrected chi connectivity index (χ1v) is 11.4. The van der Waals surface area contributed by atoms with Crippen molar-refractivity contribution in [2.45, 2.75) is 115 Å². The van der Waals surface area contributed by atoms with Crippen molar-refractivity contribution in [2.75, 3.05) is 0 Å². The summed E-state index contributed by atoms with van der Waals surface area (Å²) in [7, 11) is 0. The number of hydrogen-bond acceptors (Lipinski definition) is 0. The standard InChI is InChI=1S/C25H40/c1-21-13-9-7-8-12-16-25(21)24-19-17-23(18-20-24)22-14-10-5-3-2-4-6-11-15-22/h17-22,25H,2-16H2,1H3. The van der Waals surface area contributed by atoms with Gasteiger partial charge in [-0.2, -0.15) is 0 Å². The molecule has 2 aliphatic carbocycles. The van der Waals surface area contributed by atoms with Crippen molar-refractivity contribution in [2.24, 2.45) is 5.92 Å². The second-order valence-electron chi connectivity index (χ2n) is 8.99. The van der Waals surface area contributed by atoms with Gasteiger partial charge in [-0.15, -0.1) is 0 Å². The Bertz CT molecular complexity index is 461. The van der Waals surface area contributed by atoms with Gasteiger partial charge in [0.25, 0.3) is 0 Å². The fourth-order valence-electron chi connectivity index (χ4n) is 5.32. The molecule has 0 aromatic heterocycles. The van der Waals surface area contributed by atoms with Gasteiger partial charge < -0.3 is 0 Å². The number of hydrogen-bond donors (Lipinski definition) is 0. The van der Waals surface area contributed by atoms with Crippen molar-refractivity contribution >= 4 is 0 Å². The van der Waals surface area contributed by atoms with Crippen LogP contribution in [0, 0.1) is 5.92 Å². The summed E-state index contributed by atoms with van der Waals surface area (Å²) in [5.74, 6) is 2.49. The molecule has 0 bridgehead atoms. The van der Waals surface area contributed by atoms with Gasteiger partial charge in [0.2, 0.25) is 0 Å². The molecule has 0 saturated heterocycles.